The fourth-order valence-corrected chi connectivity index (χ4v) is 5.22. The van der Waals surface area contributed by atoms with E-state index in [2.05, 4.69) is 4.90 Å². The molecule has 0 aromatic heterocycles. The molecule has 0 N–H and O–H groups in total. The van der Waals surface area contributed by atoms with Crippen LogP contribution >= 0.6 is 0 Å². The summed E-state index contributed by atoms with van der Waals surface area (Å²) in [5, 5.41) is 0. The van der Waals surface area contributed by atoms with E-state index in [1.54, 1.807) is 36.4 Å². The normalized spacial score (nSPS) is 17.8. The van der Waals surface area contributed by atoms with Crippen LogP contribution in [-0.2, 0) is 10.1 Å². The van der Waals surface area contributed by atoms with E-state index in [4.69, 9.17) is 8.92 Å². The Morgan fingerprint density at radius 1 is 0.938 bits per heavy atom. The lowest BCUT2D eigenvalue weighted by molar-refractivity contribution is 0.104. The second kappa shape index (κ2) is 7.76. The van der Waals surface area contributed by atoms with Gasteiger partial charge in [-0.15, -0.1) is 0 Å². The van der Waals surface area contributed by atoms with Gasteiger partial charge in [0, 0.05) is 18.7 Å². The molecule has 0 radical (unpaired) electrons. The zero-order chi connectivity index (χ0) is 22.5. The van der Waals surface area contributed by atoms with Crippen molar-refractivity contribution in [2.75, 3.05) is 20.1 Å². The summed E-state index contributed by atoms with van der Waals surface area (Å²) in [7, 11) is -2.17. The molecule has 3 aromatic carbocycles. The first kappa shape index (κ1) is 20.7. The molecule has 1 saturated heterocycles. The van der Waals surface area contributed by atoms with Gasteiger partial charge >= 0.3 is 10.1 Å². The van der Waals surface area contributed by atoms with E-state index in [1.165, 1.54) is 12.1 Å². The molecule has 32 heavy (non-hydrogen) atoms. The number of carbonyl (C=O) groups excluding carboxylic acids is 1. The third-order valence-electron chi connectivity index (χ3n) is 5.95. The number of hydrogen-bond acceptors (Lipinski definition) is 6. The van der Waals surface area contributed by atoms with Crippen LogP contribution in [0.1, 0.15) is 27.9 Å². The fraction of sp³-hybridized carbons (Fsp3) is 0.240. The van der Waals surface area contributed by atoms with Gasteiger partial charge in [0.2, 0.25) is 0 Å². The summed E-state index contributed by atoms with van der Waals surface area (Å²) in [4.78, 5) is 15.4. The largest absolute Gasteiger partial charge is 0.485 e. The van der Waals surface area contributed by atoms with Crippen LogP contribution in [0.25, 0.3) is 11.1 Å². The predicted molar refractivity (Wildman–Crippen MR) is 121 cm³/mol. The SMILES string of the molecule is Cc1ccc(S(=O)(=O)Oc2c(OC3CCN(C)C3)ccc3c2C(=O)c2ccccc2-3)cc1. The summed E-state index contributed by atoms with van der Waals surface area (Å²) >= 11 is 0. The number of hydrogen-bond donors (Lipinski definition) is 0. The summed E-state index contributed by atoms with van der Waals surface area (Å²) in [5.41, 5.74) is 3.10. The molecule has 1 aliphatic heterocycles. The molecule has 1 aliphatic carbocycles. The van der Waals surface area contributed by atoms with E-state index in [1.807, 2.05) is 26.1 Å². The number of ether oxygens (including phenoxy) is 1. The molecule has 2 aliphatic rings. The third kappa shape index (κ3) is 3.57. The molecule has 5 rings (SSSR count). The summed E-state index contributed by atoms with van der Waals surface area (Å²) in [6.07, 6.45) is 0.702. The highest BCUT2D eigenvalue weighted by Crippen LogP contribution is 2.46. The number of aryl methyl sites for hydroxylation is 1. The molecule has 7 heteroatoms. The maximum atomic E-state index is 13.3. The molecule has 1 unspecified atom stereocenters. The lowest BCUT2D eigenvalue weighted by atomic mass is 10.1. The number of ketones is 1. The van der Waals surface area contributed by atoms with Gasteiger partial charge in [0.25, 0.3) is 0 Å². The highest BCUT2D eigenvalue weighted by Gasteiger charge is 2.35. The maximum absolute atomic E-state index is 13.3. The van der Waals surface area contributed by atoms with Gasteiger partial charge in [-0.3, -0.25) is 4.79 Å². The van der Waals surface area contributed by atoms with Gasteiger partial charge in [-0.2, -0.15) is 8.42 Å². The van der Waals surface area contributed by atoms with Crippen molar-refractivity contribution >= 4 is 15.9 Å². The van der Waals surface area contributed by atoms with Crippen LogP contribution in [0.3, 0.4) is 0 Å². The minimum atomic E-state index is -4.17. The van der Waals surface area contributed by atoms with E-state index >= 15 is 0 Å². The minimum Gasteiger partial charge on any atom is -0.485 e. The monoisotopic (exact) mass is 449 g/mol. The number of likely N-dealkylation sites (N-methyl/N-ethyl adjacent to an activating group) is 1. The number of fused-ring (bicyclic) bond motifs is 3. The summed E-state index contributed by atoms with van der Waals surface area (Å²) in [6.45, 7) is 3.48. The average molecular weight is 450 g/mol. The Hall–Kier alpha value is -3.16. The molecular formula is C25H23NO5S. The summed E-state index contributed by atoms with van der Waals surface area (Å²) in [6, 6.07) is 17.1. The third-order valence-corrected chi connectivity index (χ3v) is 7.19. The van der Waals surface area contributed by atoms with Gasteiger partial charge in [-0.05, 0) is 55.8 Å². The Morgan fingerprint density at radius 2 is 1.66 bits per heavy atom. The zero-order valence-electron chi connectivity index (χ0n) is 17.9. The lowest BCUT2D eigenvalue weighted by Gasteiger charge is -2.19. The van der Waals surface area contributed by atoms with Crippen LogP contribution in [0.2, 0.25) is 0 Å². The van der Waals surface area contributed by atoms with Gasteiger partial charge < -0.3 is 13.8 Å². The van der Waals surface area contributed by atoms with Crippen LogP contribution in [0.4, 0.5) is 0 Å². The highest BCUT2D eigenvalue weighted by atomic mass is 32.2. The first-order chi connectivity index (χ1) is 15.3. The first-order valence-corrected chi connectivity index (χ1v) is 11.9. The van der Waals surface area contributed by atoms with Crippen LogP contribution < -0.4 is 8.92 Å². The molecule has 0 amide bonds. The molecule has 0 spiro atoms. The second-order valence-corrected chi connectivity index (χ2v) is 9.88. The Labute approximate surface area is 187 Å². The molecule has 0 saturated carbocycles. The van der Waals surface area contributed by atoms with E-state index < -0.39 is 10.1 Å². The van der Waals surface area contributed by atoms with Crippen molar-refractivity contribution in [1.29, 1.82) is 0 Å². The highest BCUT2D eigenvalue weighted by molar-refractivity contribution is 7.87. The number of benzene rings is 3. The Morgan fingerprint density at radius 3 is 2.34 bits per heavy atom. The van der Waals surface area contributed by atoms with Crippen LogP contribution in [0, 0.1) is 6.92 Å². The van der Waals surface area contributed by atoms with Crippen molar-refractivity contribution in [1.82, 2.24) is 4.90 Å². The predicted octanol–water partition coefficient (Wildman–Crippen LogP) is 4.06. The van der Waals surface area contributed by atoms with Crippen molar-refractivity contribution in [3.05, 3.63) is 77.4 Å². The average Bonchev–Trinajstić information content (AvgIpc) is 3.31. The van der Waals surface area contributed by atoms with Crippen molar-refractivity contribution in [2.24, 2.45) is 0 Å². The molecule has 3 aromatic rings. The van der Waals surface area contributed by atoms with Gasteiger partial charge in [-0.1, -0.05) is 42.0 Å². The Bertz CT molecular complexity index is 1310. The molecule has 6 nitrogen and oxygen atoms in total. The molecule has 1 fully saturated rings. The van der Waals surface area contributed by atoms with Crippen LogP contribution in [0.15, 0.2) is 65.6 Å². The van der Waals surface area contributed by atoms with Crippen molar-refractivity contribution in [2.45, 2.75) is 24.3 Å². The molecule has 0 bridgehead atoms. The zero-order valence-corrected chi connectivity index (χ0v) is 18.7. The molecule has 164 valence electrons. The second-order valence-electron chi connectivity index (χ2n) is 8.33. The maximum Gasteiger partial charge on any atom is 0.339 e. The number of likely N-dealkylation sites (tertiary alicyclic amines) is 1. The summed E-state index contributed by atoms with van der Waals surface area (Å²) < 4.78 is 38.1. The van der Waals surface area contributed by atoms with E-state index in [0.717, 1.165) is 30.6 Å². The smallest absolute Gasteiger partial charge is 0.339 e. The van der Waals surface area contributed by atoms with Gasteiger partial charge in [-0.25, -0.2) is 0 Å². The lowest BCUT2D eigenvalue weighted by Crippen LogP contribution is -2.22. The van der Waals surface area contributed by atoms with Crippen molar-refractivity contribution in [3.63, 3.8) is 0 Å². The minimum absolute atomic E-state index is 0.0233. The topological polar surface area (TPSA) is 72.9 Å². The molecular weight excluding hydrogens is 426 g/mol. The number of nitrogens with zero attached hydrogens (tertiary/aromatic N) is 1. The first-order valence-electron chi connectivity index (χ1n) is 10.5. The van der Waals surface area contributed by atoms with Crippen molar-refractivity contribution in [3.8, 4) is 22.6 Å². The Kier molecular flexibility index (Phi) is 5.03. The van der Waals surface area contributed by atoms with Crippen molar-refractivity contribution < 1.29 is 22.1 Å². The van der Waals surface area contributed by atoms with Crippen LogP contribution in [-0.4, -0.2) is 45.3 Å². The quantitative estimate of drug-likeness (QED) is 0.428. The Balaban J connectivity index is 1.62. The van der Waals surface area contributed by atoms with Crippen LogP contribution in [0.5, 0.6) is 11.5 Å². The van der Waals surface area contributed by atoms with E-state index in [9.17, 15) is 13.2 Å². The molecule has 1 heterocycles. The molecule has 1 atom stereocenters. The van der Waals surface area contributed by atoms with Gasteiger partial charge in [0.05, 0.1) is 5.56 Å². The fourth-order valence-electron chi connectivity index (χ4n) is 4.27. The van der Waals surface area contributed by atoms with Gasteiger partial charge in [0.15, 0.2) is 17.3 Å². The summed E-state index contributed by atoms with van der Waals surface area (Å²) in [5.74, 6) is -0.0431. The van der Waals surface area contributed by atoms with E-state index in [0.29, 0.717) is 11.1 Å². The number of rotatable bonds is 5. The standard InChI is InChI=1S/C25H23NO5S/c1-16-7-9-18(10-8-16)32(28,29)31-25-22(30-17-13-14-26(2)15-17)12-11-20-19-5-3-4-6-21(19)24(27)23(20)25/h3-12,17H,13-15H2,1-2H3. The van der Waals surface area contributed by atoms with E-state index in [-0.39, 0.29) is 33.8 Å². The van der Waals surface area contributed by atoms with Gasteiger partial charge in [0.1, 0.15) is 11.0 Å². The number of carbonyl (C=O) groups is 1.